The lowest BCUT2D eigenvalue weighted by molar-refractivity contribution is 0.180. The summed E-state index contributed by atoms with van der Waals surface area (Å²) in [5.74, 6) is 3.42. The van der Waals surface area contributed by atoms with E-state index in [4.69, 9.17) is 9.73 Å². The quantitative estimate of drug-likeness (QED) is 0.581. The third-order valence-corrected chi connectivity index (χ3v) is 5.56. The largest absolute Gasteiger partial charge is 0.497 e. The average Bonchev–Trinajstić information content (AvgIpc) is 3.36. The van der Waals surface area contributed by atoms with Crippen molar-refractivity contribution in [3.05, 3.63) is 29.8 Å². The molecule has 1 aliphatic carbocycles. The van der Waals surface area contributed by atoms with Crippen LogP contribution in [0.1, 0.15) is 38.7 Å². The smallest absolute Gasteiger partial charge is 0.191 e. The molecule has 2 aliphatic rings. The van der Waals surface area contributed by atoms with Gasteiger partial charge in [0.1, 0.15) is 5.75 Å². The van der Waals surface area contributed by atoms with Crippen LogP contribution < -0.4 is 15.4 Å². The molecule has 1 saturated carbocycles. The van der Waals surface area contributed by atoms with Gasteiger partial charge in [0.15, 0.2) is 5.96 Å². The van der Waals surface area contributed by atoms with Crippen LogP contribution in [0, 0.1) is 11.8 Å². The summed E-state index contributed by atoms with van der Waals surface area (Å²) in [6, 6.07) is 9.06. The molecule has 2 atom stereocenters. The number of aliphatic imine (C=N–C) groups is 1. The maximum absolute atomic E-state index is 5.23. The molecule has 2 fully saturated rings. The minimum absolute atomic E-state index is 0.624. The molecule has 1 aromatic carbocycles. The highest BCUT2D eigenvalue weighted by Crippen LogP contribution is 2.28. The zero-order valence-corrected chi connectivity index (χ0v) is 16.5. The molecule has 2 unspecified atom stereocenters. The number of benzene rings is 1. The monoisotopic (exact) mass is 358 g/mol. The van der Waals surface area contributed by atoms with Crippen LogP contribution in [0.15, 0.2) is 29.3 Å². The molecular weight excluding hydrogens is 324 g/mol. The van der Waals surface area contributed by atoms with Crippen LogP contribution in [0.2, 0.25) is 0 Å². The van der Waals surface area contributed by atoms with E-state index in [0.29, 0.717) is 12.0 Å². The summed E-state index contributed by atoms with van der Waals surface area (Å²) >= 11 is 0. The van der Waals surface area contributed by atoms with Crippen molar-refractivity contribution in [2.45, 2.75) is 45.7 Å². The van der Waals surface area contributed by atoms with E-state index in [9.17, 15) is 0 Å². The van der Waals surface area contributed by atoms with Gasteiger partial charge < -0.3 is 15.4 Å². The maximum Gasteiger partial charge on any atom is 0.191 e. The number of hydrogen-bond donors (Lipinski definition) is 2. The predicted octanol–water partition coefficient (Wildman–Crippen LogP) is 2.87. The highest BCUT2D eigenvalue weighted by Gasteiger charge is 2.33. The van der Waals surface area contributed by atoms with Crippen LogP contribution in [-0.4, -0.2) is 50.2 Å². The van der Waals surface area contributed by atoms with Crippen molar-refractivity contribution in [1.29, 1.82) is 0 Å². The molecule has 1 aromatic rings. The predicted molar refractivity (Wildman–Crippen MR) is 108 cm³/mol. The van der Waals surface area contributed by atoms with Gasteiger partial charge in [0, 0.05) is 25.7 Å². The van der Waals surface area contributed by atoms with Gasteiger partial charge in [-0.1, -0.05) is 19.1 Å². The van der Waals surface area contributed by atoms with Crippen LogP contribution in [-0.2, 0) is 6.54 Å². The molecule has 0 aromatic heterocycles. The summed E-state index contributed by atoms with van der Waals surface area (Å²) in [5.41, 5.74) is 1.36. The summed E-state index contributed by atoms with van der Waals surface area (Å²) in [4.78, 5) is 7.39. The summed E-state index contributed by atoms with van der Waals surface area (Å²) in [6.07, 6.45) is 3.74. The number of rotatable bonds is 7. The Kier molecular flexibility index (Phi) is 6.78. The highest BCUT2D eigenvalue weighted by atomic mass is 16.5. The topological polar surface area (TPSA) is 48.9 Å². The van der Waals surface area contributed by atoms with E-state index in [0.717, 1.165) is 50.4 Å². The fourth-order valence-electron chi connectivity index (χ4n) is 3.56. The van der Waals surface area contributed by atoms with Gasteiger partial charge in [-0.05, 0) is 68.8 Å². The summed E-state index contributed by atoms with van der Waals surface area (Å²) < 4.78 is 5.23. The van der Waals surface area contributed by atoms with Gasteiger partial charge >= 0.3 is 0 Å². The fraction of sp³-hybridized carbons (Fsp3) is 0.667. The number of guanidine groups is 1. The molecule has 1 aliphatic heterocycles. The van der Waals surface area contributed by atoms with Gasteiger partial charge in [-0.2, -0.15) is 0 Å². The van der Waals surface area contributed by atoms with E-state index < -0.39 is 0 Å². The molecule has 144 valence electrons. The van der Waals surface area contributed by atoms with Crippen molar-refractivity contribution in [2.75, 3.05) is 33.3 Å². The number of piperidine rings is 1. The lowest BCUT2D eigenvalue weighted by Crippen LogP contribution is -2.40. The Morgan fingerprint density at radius 1 is 1.23 bits per heavy atom. The van der Waals surface area contributed by atoms with E-state index in [1.165, 1.54) is 24.8 Å². The van der Waals surface area contributed by atoms with Crippen LogP contribution in [0.4, 0.5) is 0 Å². The minimum atomic E-state index is 0.624. The van der Waals surface area contributed by atoms with Crippen LogP contribution in [0.25, 0.3) is 0 Å². The molecule has 0 spiro atoms. The summed E-state index contributed by atoms with van der Waals surface area (Å²) in [6.45, 7) is 9.64. The SMILES string of the molecule is CCNC(=NCC1CCN(Cc2ccc(OC)cc2)CC1)NC1CC1C. The Bertz CT molecular complexity index is 578. The van der Waals surface area contributed by atoms with Crippen molar-refractivity contribution in [3.8, 4) is 5.75 Å². The normalized spacial score (nSPS) is 24.3. The second-order valence-electron chi connectivity index (χ2n) is 7.75. The molecule has 0 amide bonds. The van der Waals surface area contributed by atoms with Crippen LogP contribution in [0.3, 0.4) is 0 Å². The van der Waals surface area contributed by atoms with Gasteiger partial charge in [0.2, 0.25) is 0 Å². The van der Waals surface area contributed by atoms with Gasteiger partial charge in [0.05, 0.1) is 7.11 Å². The molecular formula is C21H34N4O. The summed E-state index contributed by atoms with van der Waals surface area (Å²) in [5, 5.41) is 6.93. The number of likely N-dealkylation sites (tertiary alicyclic amines) is 1. The van der Waals surface area contributed by atoms with E-state index >= 15 is 0 Å². The van der Waals surface area contributed by atoms with Crippen molar-refractivity contribution in [1.82, 2.24) is 15.5 Å². The zero-order valence-electron chi connectivity index (χ0n) is 16.5. The van der Waals surface area contributed by atoms with E-state index in [1.807, 2.05) is 12.1 Å². The van der Waals surface area contributed by atoms with Crippen LogP contribution in [0.5, 0.6) is 5.75 Å². The first kappa shape index (κ1) is 19.0. The first-order valence-electron chi connectivity index (χ1n) is 10.1. The molecule has 5 nitrogen and oxygen atoms in total. The molecule has 5 heteroatoms. The Balaban J connectivity index is 1.41. The van der Waals surface area contributed by atoms with Crippen molar-refractivity contribution >= 4 is 5.96 Å². The zero-order chi connectivity index (χ0) is 18.4. The lowest BCUT2D eigenvalue weighted by Gasteiger charge is -2.31. The van der Waals surface area contributed by atoms with E-state index in [-0.39, 0.29) is 0 Å². The van der Waals surface area contributed by atoms with Gasteiger partial charge in [-0.3, -0.25) is 9.89 Å². The number of nitrogens with one attached hydrogen (secondary N) is 2. The number of hydrogen-bond acceptors (Lipinski definition) is 3. The molecule has 26 heavy (non-hydrogen) atoms. The lowest BCUT2D eigenvalue weighted by atomic mass is 9.96. The number of methoxy groups -OCH3 is 1. The molecule has 0 bridgehead atoms. The Morgan fingerprint density at radius 2 is 1.92 bits per heavy atom. The third kappa shape index (κ3) is 5.63. The highest BCUT2D eigenvalue weighted by molar-refractivity contribution is 5.80. The second kappa shape index (κ2) is 9.26. The second-order valence-corrected chi connectivity index (χ2v) is 7.75. The van der Waals surface area contributed by atoms with Gasteiger partial charge in [-0.25, -0.2) is 0 Å². The van der Waals surface area contributed by atoms with Crippen LogP contribution >= 0.6 is 0 Å². The maximum atomic E-state index is 5.23. The standard InChI is InChI=1S/C21H34N4O/c1-4-22-21(24-20-13-16(20)2)23-14-17-9-11-25(12-10-17)15-18-5-7-19(26-3)8-6-18/h5-8,16-17,20H,4,9-15H2,1-3H3,(H2,22,23,24). The van der Waals surface area contributed by atoms with Gasteiger partial charge in [0.25, 0.3) is 0 Å². The Labute approximate surface area is 158 Å². The molecule has 3 rings (SSSR count). The first-order valence-corrected chi connectivity index (χ1v) is 10.1. The van der Waals surface area contributed by atoms with Crippen molar-refractivity contribution in [3.63, 3.8) is 0 Å². The first-order chi connectivity index (χ1) is 12.7. The van der Waals surface area contributed by atoms with E-state index in [2.05, 4.69) is 41.5 Å². The third-order valence-electron chi connectivity index (χ3n) is 5.56. The number of ether oxygens (including phenoxy) is 1. The molecule has 1 saturated heterocycles. The fourth-order valence-corrected chi connectivity index (χ4v) is 3.56. The van der Waals surface area contributed by atoms with Gasteiger partial charge in [-0.15, -0.1) is 0 Å². The average molecular weight is 359 g/mol. The number of nitrogens with zero attached hydrogens (tertiary/aromatic N) is 2. The summed E-state index contributed by atoms with van der Waals surface area (Å²) in [7, 11) is 1.71. The Morgan fingerprint density at radius 3 is 2.50 bits per heavy atom. The van der Waals surface area contributed by atoms with Crippen molar-refractivity contribution in [2.24, 2.45) is 16.8 Å². The minimum Gasteiger partial charge on any atom is -0.497 e. The molecule has 1 heterocycles. The van der Waals surface area contributed by atoms with Crippen molar-refractivity contribution < 1.29 is 4.74 Å². The molecule has 2 N–H and O–H groups in total. The molecule has 0 radical (unpaired) electrons. The van der Waals surface area contributed by atoms with E-state index in [1.54, 1.807) is 7.11 Å². The Hall–Kier alpha value is -1.75.